The molecule has 1 aromatic carbocycles. The molecule has 1 saturated heterocycles. The minimum absolute atomic E-state index is 0.0248. The summed E-state index contributed by atoms with van der Waals surface area (Å²) in [5.41, 5.74) is 1.99. The van der Waals surface area contributed by atoms with E-state index in [0.717, 1.165) is 36.2 Å². The molecule has 7 nitrogen and oxygen atoms in total. The van der Waals surface area contributed by atoms with E-state index >= 15 is 0 Å². The number of rotatable bonds is 5. The van der Waals surface area contributed by atoms with Crippen molar-refractivity contribution in [2.45, 2.75) is 19.3 Å². The Morgan fingerprint density at radius 1 is 1.23 bits per heavy atom. The topological polar surface area (TPSA) is 86.8 Å². The van der Waals surface area contributed by atoms with Gasteiger partial charge in [-0.3, -0.25) is 4.79 Å². The third-order valence-corrected chi connectivity index (χ3v) is 4.73. The van der Waals surface area contributed by atoms with Crippen LogP contribution in [0.3, 0.4) is 0 Å². The number of H-pyrrole nitrogens is 1. The highest BCUT2D eigenvalue weighted by Gasteiger charge is 2.26. The number of fused-ring (bicyclic) bond motifs is 1. The van der Waals surface area contributed by atoms with Crippen LogP contribution in [-0.4, -0.2) is 45.5 Å². The van der Waals surface area contributed by atoms with Crippen LogP contribution in [0.4, 0.5) is 5.95 Å². The van der Waals surface area contributed by atoms with Gasteiger partial charge in [0.15, 0.2) is 0 Å². The van der Waals surface area contributed by atoms with Crippen molar-refractivity contribution < 1.29 is 4.79 Å². The van der Waals surface area contributed by atoms with E-state index in [4.69, 9.17) is 0 Å². The van der Waals surface area contributed by atoms with Crippen LogP contribution in [0, 0.1) is 5.92 Å². The number of anilines is 1. The molecule has 1 aliphatic heterocycles. The van der Waals surface area contributed by atoms with Crippen molar-refractivity contribution in [2.24, 2.45) is 5.92 Å². The third kappa shape index (κ3) is 3.66. The second-order valence-electron chi connectivity index (χ2n) is 6.58. The SMILES string of the molecule is O=C(NCCc1nc2ccccc2[nH]1)[C@@H]1CCCN(c2ncccn2)C1. The van der Waals surface area contributed by atoms with Crippen LogP contribution < -0.4 is 10.2 Å². The Morgan fingerprint density at radius 2 is 2.08 bits per heavy atom. The van der Waals surface area contributed by atoms with Crippen molar-refractivity contribution in [1.29, 1.82) is 0 Å². The first-order valence-corrected chi connectivity index (χ1v) is 9.03. The summed E-state index contributed by atoms with van der Waals surface area (Å²) in [6, 6.07) is 9.75. The smallest absolute Gasteiger partial charge is 0.225 e. The molecule has 1 amide bonds. The maximum Gasteiger partial charge on any atom is 0.225 e. The lowest BCUT2D eigenvalue weighted by molar-refractivity contribution is -0.125. The molecule has 0 spiro atoms. The van der Waals surface area contributed by atoms with Gasteiger partial charge in [-0.2, -0.15) is 0 Å². The predicted octanol–water partition coefficient (Wildman–Crippen LogP) is 1.93. The van der Waals surface area contributed by atoms with Gasteiger partial charge in [-0.25, -0.2) is 15.0 Å². The Labute approximate surface area is 151 Å². The van der Waals surface area contributed by atoms with Crippen LogP contribution in [-0.2, 0) is 11.2 Å². The lowest BCUT2D eigenvalue weighted by atomic mass is 9.97. The summed E-state index contributed by atoms with van der Waals surface area (Å²) in [6.07, 6.45) is 6.04. The van der Waals surface area contributed by atoms with Crippen molar-refractivity contribution in [2.75, 3.05) is 24.5 Å². The Bertz CT molecular complexity index is 845. The van der Waals surface area contributed by atoms with E-state index in [2.05, 4.69) is 30.2 Å². The van der Waals surface area contributed by atoms with Gasteiger partial charge in [0.2, 0.25) is 11.9 Å². The molecular formula is C19H22N6O. The molecule has 134 valence electrons. The van der Waals surface area contributed by atoms with Crippen molar-refractivity contribution in [3.05, 3.63) is 48.5 Å². The van der Waals surface area contributed by atoms with E-state index in [9.17, 15) is 4.79 Å². The highest BCUT2D eigenvalue weighted by molar-refractivity contribution is 5.79. The number of hydrogen-bond donors (Lipinski definition) is 2. The van der Waals surface area contributed by atoms with E-state index in [1.807, 2.05) is 24.3 Å². The fraction of sp³-hybridized carbons (Fsp3) is 0.368. The van der Waals surface area contributed by atoms with E-state index in [1.165, 1.54) is 0 Å². The molecular weight excluding hydrogens is 328 g/mol. The molecule has 2 aromatic heterocycles. The number of piperidine rings is 1. The second-order valence-corrected chi connectivity index (χ2v) is 6.58. The first-order chi connectivity index (χ1) is 12.8. The number of amides is 1. The average molecular weight is 350 g/mol. The van der Waals surface area contributed by atoms with E-state index < -0.39 is 0 Å². The number of carbonyl (C=O) groups is 1. The quantitative estimate of drug-likeness (QED) is 0.734. The summed E-state index contributed by atoms with van der Waals surface area (Å²) >= 11 is 0. The fourth-order valence-corrected chi connectivity index (χ4v) is 3.40. The number of hydrogen-bond acceptors (Lipinski definition) is 5. The Kier molecular flexibility index (Phi) is 4.77. The Morgan fingerprint density at radius 3 is 2.92 bits per heavy atom. The molecule has 1 aliphatic rings. The number of nitrogens with one attached hydrogen (secondary N) is 2. The van der Waals surface area contributed by atoms with Crippen molar-refractivity contribution in [3.63, 3.8) is 0 Å². The molecule has 2 N–H and O–H groups in total. The van der Waals surface area contributed by atoms with E-state index in [1.54, 1.807) is 18.5 Å². The molecule has 3 heterocycles. The fourth-order valence-electron chi connectivity index (χ4n) is 3.40. The number of nitrogens with zero attached hydrogens (tertiary/aromatic N) is 4. The van der Waals surface area contributed by atoms with Gasteiger partial charge < -0.3 is 15.2 Å². The van der Waals surface area contributed by atoms with Gasteiger partial charge in [-0.15, -0.1) is 0 Å². The first kappa shape index (κ1) is 16.5. The maximum atomic E-state index is 12.5. The molecule has 0 radical (unpaired) electrons. The molecule has 1 fully saturated rings. The molecule has 0 saturated carbocycles. The normalized spacial score (nSPS) is 17.4. The first-order valence-electron chi connectivity index (χ1n) is 9.03. The summed E-state index contributed by atoms with van der Waals surface area (Å²) in [4.78, 5) is 31.0. The number of carbonyl (C=O) groups excluding carboxylic acids is 1. The van der Waals surface area contributed by atoms with Crippen LogP contribution >= 0.6 is 0 Å². The molecule has 1 atom stereocenters. The summed E-state index contributed by atoms with van der Waals surface area (Å²) in [5, 5.41) is 3.05. The van der Waals surface area contributed by atoms with Crippen LogP contribution in [0.1, 0.15) is 18.7 Å². The van der Waals surface area contributed by atoms with Gasteiger partial charge in [-0.1, -0.05) is 12.1 Å². The Hall–Kier alpha value is -2.96. The minimum atomic E-state index is -0.0248. The highest BCUT2D eigenvalue weighted by atomic mass is 16.1. The molecule has 0 bridgehead atoms. The number of aromatic amines is 1. The third-order valence-electron chi connectivity index (χ3n) is 4.73. The molecule has 0 unspecified atom stereocenters. The number of imidazole rings is 1. The molecule has 3 aromatic rings. The monoisotopic (exact) mass is 350 g/mol. The summed E-state index contributed by atoms with van der Waals surface area (Å²) < 4.78 is 0. The number of para-hydroxylation sites is 2. The van der Waals surface area contributed by atoms with Crippen molar-refractivity contribution in [1.82, 2.24) is 25.3 Å². The summed E-state index contributed by atoms with van der Waals surface area (Å²) in [6.45, 7) is 2.14. The van der Waals surface area contributed by atoms with Gasteiger partial charge in [0, 0.05) is 38.4 Å². The largest absolute Gasteiger partial charge is 0.355 e. The standard InChI is InChI=1S/C19H22N6O/c26-18(14-5-3-12-25(13-14)19-21-9-4-10-22-19)20-11-8-17-23-15-6-1-2-7-16(15)24-17/h1-2,4,6-7,9-10,14H,3,5,8,11-13H2,(H,20,26)(H,23,24)/t14-/m1/s1. The zero-order valence-corrected chi connectivity index (χ0v) is 14.6. The number of aromatic nitrogens is 4. The lowest BCUT2D eigenvalue weighted by Gasteiger charge is -2.31. The van der Waals surface area contributed by atoms with E-state index in [0.29, 0.717) is 25.5 Å². The van der Waals surface area contributed by atoms with Gasteiger partial charge in [-0.05, 0) is 31.0 Å². The highest BCUT2D eigenvalue weighted by Crippen LogP contribution is 2.20. The average Bonchev–Trinajstić information content (AvgIpc) is 3.11. The van der Waals surface area contributed by atoms with Crippen LogP contribution in [0.5, 0.6) is 0 Å². The van der Waals surface area contributed by atoms with Crippen LogP contribution in [0.25, 0.3) is 11.0 Å². The van der Waals surface area contributed by atoms with Crippen molar-refractivity contribution in [3.8, 4) is 0 Å². The predicted molar refractivity (Wildman–Crippen MR) is 99.8 cm³/mol. The van der Waals surface area contributed by atoms with Gasteiger partial charge in [0.1, 0.15) is 5.82 Å². The molecule has 26 heavy (non-hydrogen) atoms. The van der Waals surface area contributed by atoms with Gasteiger partial charge >= 0.3 is 0 Å². The lowest BCUT2D eigenvalue weighted by Crippen LogP contribution is -2.44. The van der Waals surface area contributed by atoms with Crippen LogP contribution in [0.15, 0.2) is 42.7 Å². The zero-order valence-electron chi connectivity index (χ0n) is 14.6. The van der Waals surface area contributed by atoms with Gasteiger partial charge in [0.05, 0.1) is 17.0 Å². The summed E-state index contributed by atoms with van der Waals surface area (Å²) in [5.74, 6) is 1.67. The van der Waals surface area contributed by atoms with Gasteiger partial charge in [0.25, 0.3) is 0 Å². The van der Waals surface area contributed by atoms with Crippen molar-refractivity contribution >= 4 is 22.9 Å². The Balaban J connectivity index is 1.30. The minimum Gasteiger partial charge on any atom is -0.355 e. The molecule has 4 rings (SSSR count). The molecule has 7 heteroatoms. The van der Waals surface area contributed by atoms with Crippen LogP contribution in [0.2, 0.25) is 0 Å². The zero-order chi connectivity index (χ0) is 17.8. The number of benzene rings is 1. The molecule has 0 aliphatic carbocycles. The maximum absolute atomic E-state index is 12.5. The second kappa shape index (κ2) is 7.51. The summed E-state index contributed by atoms with van der Waals surface area (Å²) in [7, 11) is 0. The van der Waals surface area contributed by atoms with E-state index in [-0.39, 0.29) is 11.8 Å².